The number of aliphatic hydroxyl groups is 1. The van der Waals surface area contributed by atoms with Crippen molar-refractivity contribution in [3.8, 4) is 23.3 Å². The molecule has 3 aromatic carbocycles. The SMILES string of the molecule is Cc1cc(-c2ccc(C#N)cc2)ccc1C(O)c1ccnc(Nc2ccc(C#N)cc2)n1. The van der Waals surface area contributed by atoms with Gasteiger partial charge >= 0.3 is 0 Å². The maximum atomic E-state index is 11.0. The van der Waals surface area contributed by atoms with E-state index >= 15 is 0 Å². The van der Waals surface area contributed by atoms with E-state index < -0.39 is 6.10 Å². The number of hydrogen-bond donors (Lipinski definition) is 2. The quantitative estimate of drug-likeness (QED) is 0.472. The lowest BCUT2D eigenvalue weighted by atomic mass is 9.95. The summed E-state index contributed by atoms with van der Waals surface area (Å²) in [7, 11) is 0. The minimum atomic E-state index is -0.908. The molecule has 1 aromatic heterocycles. The van der Waals surface area contributed by atoms with Crippen molar-refractivity contribution in [1.82, 2.24) is 9.97 Å². The molecule has 1 unspecified atom stereocenters. The molecule has 0 aliphatic rings. The smallest absolute Gasteiger partial charge is 0.227 e. The van der Waals surface area contributed by atoms with Gasteiger partial charge in [0.1, 0.15) is 6.10 Å². The van der Waals surface area contributed by atoms with Crippen LogP contribution in [0.2, 0.25) is 0 Å². The number of hydrogen-bond acceptors (Lipinski definition) is 6. The molecule has 32 heavy (non-hydrogen) atoms. The molecule has 0 aliphatic heterocycles. The molecule has 0 fully saturated rings. The van der Waals surface area contributed by atoms with E-state index in [-0.39, 0.29) is 0 Å². The number of benzene rings is 3. The summed E-state index contributed by atoms with van der Waals surface area (Å²) in [5.41, 5.74) is 6.11. The first kappa shape index (κ1) is 20.7. The number of aliphatic hydroxyl groups excluding tert-OH is 1. The molecular formula is C26H19N5O. The highest BCUT2D eigenvalue weighted by molar-refractivity contribution is 5.66. The first-order valence-corrected chi connectivity index (χ1v) is 9.96. The zero-order valence-corrected chi connectivity index (χ0v) is 17.3. The van der Waals surface area contributed by atoms with E-state index in [9.17, 15) is 5.11 Å². The molecule has 0 radical (unpaired) electrons. The number of anilines is 2. The molecule has 6 heteroatoms. The van der Waals surface area contributed by atoms with E-state index in [1.165, 1.54) is 0 Å². The van der Waals surface area contributed by atoms with Gasteiger partial charge in [0.25, 0.3) is 0 Å². The summed E-state index contributed by atoms with van der Waals surface area (Å²) in [5, 5.41) is 31.9. The highest BCUT2D eigenvalue weighted by Crippen LogP contribution is 2.29. The van der Waals surface area contributed by atoms with Crippen molar-refractivity contribution in [2.24, 2.45) is 0 Å². The van der Waals surface area contributed by atoms with Crippen molar-refractivity contribution in [2.45, 2.75) is 13.0 Å². The van der Waals surface area contributed by atoms with E-state index in [1.54, 1.807) is 48.7 Å². The summed E-state index contributed by atoms with van der Waals surface area (Å²) in [4.78, 5) is 8.68. The Hall–Kier alpha value is -4.52. The molecule has 0 saturated heterocycles. The van der Waals surface area contributed by atoms with Gasteiger partial charge in [0, 0.05) is 11.9 Å². The maximum Gasteiger partial charge on any atom is 0.227 e. The lowest BCUT2D eigenvalue weighted by Crippen LogP contribution is -2.07. The second-order valence-corrected chi connectivity index (χ2v) is 7.28. The zero-order chi connectivity index (χ0) is 22.5. The molecule has 0 spiro atoms. The molecule has 0 amide bonds. The van der Waals surface area contributed by atoms with Crippen LogP contribution in [0.4, 0.5) is 11.6 Å². The summed E-state index contributed by atoms with van der Waals surface area (Å²) < 4.78 is 0. The summed E-state index contributed by atoms with van der Waals surface area (Å²) in [6.07, 6.45) is 0.687. The van der Waals surface area contributed by atoms with Crippen molar-refractivity contribution in [1.29, 1.82) is 10.5 Å². The fourth-order valence-electron chi connectivity index (χ4n) is 3.40. The molecule has 0 aliphatic carbocycles. The predicted molar refractivity (Wildman–Crippen MR) is 122 cm³/mol. The van der Waals surface area contributed by atoms with Crippen molar-refractivity contribution in [3.63, 3.8) is 0 Å². The van der Waals surface area contributed by atoms with Crippen LogP contribution in [0.25, 0.3) is 11.1 Å². The molecule has 154 valence electrons. The van der Waals surface area contributed by atoms with Gasteiger partial charge in [-0.1, -0.05) is 30.3 Å². The third kappa shape index (κ3) is 4.46. The molecular weight excluding hydrogens is 398 g/mol. The Morgan fingerprint density at radius 1 is 0.844 bits per heavy atom. The Morgan fingerprint density at radius 2 is 1.47 bits per heavy atom. The van der Waals surface area contributed by atoms with Crippen LogP contribution < -0.4 is 5.32 Å². The highest BCUT2D eigenvalue weighted by atomic mass is 16.3. The van der Waals surface area contributed by atoms with Crippen LogP contribution in [0.5, 0.6) is 0 Å². The second kappa shape index (κ2) is 9.09. The average molecular weight is 417 g/mol. The zero-order valence-electron chi connectivity index (χ0n) is 17.3. The van der Waals surface area contributed by atoms with Crippen LogP contribution in [0.15, 0.2) is 79.0 Å². The largest absolute Gasteiger partial charge is 0.382 e. The van der Waals surface area contributed by atoms with Gasteiger partial charge in [-0.15, -0.1) is 0 Å². The average Bonchev–Trinajstić information content (AvgIpc) is 2.84. The normalized spacial score (nSPS) is 11.2. The molecule has 0 saturated carbocycles. The fraction of sp³-hybridized carbons (Fsp3) is 0.0769. The van der Waals surface area contributed by atoms with E-state index in [4.69, 9.17) is 10.5 Å². The molecule has 1 heterocycles. The summed E-state index contributed by atoms with van der Waals surface area (Å²) in [5.74, 6) is 0.359. The Labute approximate surface area is 186 Å². The van der Waals surface area contributed by atoms with Crippen molar-refractivity contribution in [3.05, 3.63) is 107 Å². The summed E-state index contributed by atoms with van der Waals surface area (Å²) in [6.45, 7) is 1.95. The van der Waals surface area contributed by atoms with Crippen LogP contribution in [0.3, 0.4) is 0 Å². The molecule has 1 atom stereocenters. The summed E-state index contributed by atoms with van der Waals surface area (Å²) >= 11 is 0. The van der Waals surface area contributed by atoms with Gasteiger partial charge in [-0.05, 0) is 71.6 Å². The Balaban J connectivity index is 1.55. The third-order valence-electron chi connectivity index (χ3n) is 5.14. The van der Waals surface area contributed by atoms with Gasteiger partial charge in [-0.3, -0.25) is 0 Å². The van der Waals surface area contributed by atoms with Crippen LogP contribution >= 0.6 is 0 Å². The Bertz CT molecular complexity index is 1330. The van der Waals surface area contributed by atoms with Crippen molar-refractivity contribution >= 4 is 11.6 Å². The maximum absolute atomic E-state index is 11.0. The van der Waals surface area contributed by atoms with Gasteiger partial charge < -0.3 is 10.4 Å². The highest BCUT2D eigenvalue weighted by Gasteiger charge is 2.16. The second-order valence-electron chi connectivity index (χ2n) is 7.28. The molecule has 4 rings (SSSR count). The third-order valence-corrected chi connectivity index (χ3v) is 5.14. The minimum Gasteiger partial charge on any atom is -0.382 e. The fourth-order valence-corrected chi connectivity index (χ4v) is 3.40. The first-order chi connectivity index (χ1) is 15.6. The van der Waals surface area contributed by atoms with Gasteiger partial charge in [-0.2, -0.15) is 10.5 Å². The number of nitrogens with zero attached hydrogens (tertiary/aromatic N) is 4. The van der Waals surface area contributed by atoms with Crippen LogP contribution in [0.1, 0.15) is 34.1 Å². The van der Waals surface area contributed by atoms with E-state index in [0.29, 0.717) is 22.8 Å². The first-order valence-electron chi connectivity index (χ1n) is 9.96. The topological polar surface area (TPSA) is 106 Å². The van der Waals surface area contributed by atoms with Crippen LogP contribution in [-0.4, -0.2) is 15.1 Å². The van der Waals surface area contributed by atoms with Gasteiger partial charge in [0.15, 0.2) is 0 Å². The van der Waals surface area contributed by atoms with E-state index in [2.05, 4.69) is 27.4 Å². The Morgan fingerprint density at radius 3 is 2.09 bits per heavy atom. The lowest BCUT2D eigenvalue weighted by Gasteiger charge is -2.15. The number of rotatable bonds is 5. The summed E-state index contributed by atoms with van der Waals surface area (Å²) in [6, 6.07) is 26.1. The van der Waals surface area contributed by atoms with Crippen LogP contribution in [-0.2, 0) is 0 Å². The van der Waals surface area contributed by atoms with Gasteiger partial charge in [0.05, 0.1) is 29.0 Å². The van der Waals surface area contributed by atoms with Crippen LogP contribution in [0, 0.1) is 29.6 Å². The Kier molecular flexibility index (Phi) is 5.89. The van der Waals surface area contributed by atoms with Crippen molar-refractivity contribution in [2.75, 3.05) is 5.32 Å². The van der Waals surface area contributed by atoms with E-state index in [1.807, 2.05) is 37.3 Å². The molecule has 0 bridgehead atoms. The van der Waals surface area contributed by atoms with Gasteiger partial charge in [0.2, 0.25) is 5.95 Å². The number of nitrogens with one attached hydrogen (secondary N) is 1. The number of aryl methyl sites for hydroxylation is 1. The lowest BCUT2D eigenvalue weighted by molar-refractivity contribution is 0.214. The molecule has 6 nitrogen and oxygen atoms in total. The van der Waals surface area contributed by atoms with Crippen molar-refractivity contribution < 1.29 is 5.11 Å². The monoisotopic (exact) mass is 417 g/mol. The number of aromatic nitrogens is 2. The standard InChI is InChI=1S/C26H19N5O/c1-17-14-21(20-6-2-18(15-27)3-7-20)8-11-23(17)25(32)24-12-13-29-26(31-24)30-22-9-4-19(16-28)5-10-22/h2-14,25,32H,1H3,(H,29,30,31). The van der Waals surface area contributed by atoms with E-state index in [0.717, 1.165) is 27.9 Å². The van der Waals surface area contributed by atoms with Gasteiger partial charge in [-0.25, -0.2) is 9.97 Å². The number of nitriles is 2. The predicted octanol–water partition coefficient (Wildman–Crippen LogP) is 5.02. The molecule has 2 N–H and O–H groups in total. The minimum absolute atomic E-state index is 0.359. The molecule has 4 aromatic rings.